The fourth-order valence-electron chi connectivity index (χ4n) is 1.75. The molecule has 1 aromatic rings. The molecule has 2 aliphatic rings. The average Bonchev–Trinajstić information content (AvgIpc) is 3.08. The summed E-state index contributed by atoms with van der Waals surface area (Å²) in [6, 6.07) is 9.99. The smallest absolute Gasteiger partial charge is 0.308 e. The Kier molecular flexibility index (Phi) is 8.17. The summed E-state index contributed by atoms with van der Waals surface area (Å²) in [6.45, 7) is 3.45. The predicted molar refractivity (Wildman–Crippen MR) is 80.7 cm³/mol. The van der Waals surface area contributed by atoms with E-state index < -0.39 is 6.10 Å². The molecule has 0 saturated carbocycles. The number of carbonyl (C=O) groups excluding carboxylic acids is 2. The fraction of sp³-hybridized carbons (Fsp3) is 0.500. The number of esters is 2. The highest BCUT2D eigenvalue weighted by Gasteiger charge is 2.20. The topological polar surface area (TPSA) is 98.9 Å². The second-order valence-corrected chi connectivity index (χ2v) is 5.22. The van der Waals surface area contributed by atoms with E-state index >= 15 is 0 Å². The van der Waals surface area contributed by atoms with Gasteiger partial charge in [0.25, 0.3) is 0 Å². The first-order chi connectivity index (χ1) is 10.5. The minimum atomic E-state index is -0.549. The van der Waals surface area contributed by atoms with Crippen molar-refractivity contribution >= 4 is 11.9 Å². The quantitative estimate of drug-likeness (QED) is 0.751. The molecule has 6 heteroatoms. The van der Waals surface area contributed by atoms with Gasteiger partial charge in [0.1, 0.15) is 6.61 Å². The van der Waals surface area contributed by atoms with Crippen molar-refractivity contribution < 1.29 is 24.2 Å². The van der Waals surface area contributed by atoms with Gasteiger partial charge in [-0.3, -0.25) is 9.59 Å². The number of aliphatic hydroxyl groups is 1. The maximum absolute atomic E-state index is 10.2. The number of ether oxygens (including phenoxy) is 2. The lowest BCUT2D eigenvalue weighted by atomic mass is 10.2. The first-order valence-corrected chi connectivity index (χ1v) is 7.24. The van der Waals surface area contributed by atoms with Crippen LogP contribution >= 0.6 is 0 Å². The average molecular weight is 309 g/mol. The molecule has 0 spiro atoms. The number of hydrogen-bond donors (Lipinski definition) is 2. The standard InChI is InChI=1S/C7H9N.C5H8O2.C4H6O3/c8-6-7-4-2-1-3-5-7;1-4-2-5(6)7-3-4;5-3-1-4(6)7-2-3/h1-5H,6,8H2;4H,2-3H2,1H3;3,5H,1-2H2. The van der Waals surface area contributed by atoms with Gasteiger partial charge >= 0.3 is 11.9 Å². The number of cyclic esters (lactones) is 2. The van der Waals surface area contributed by atoms with Crippen molar-refractivity contribution in [1.82, 2.24) is 0 Å². The molecule has 2 unspecified atom stereocenters. The van der Waals surface area contributed by atoms with E-state index in [0.29, 0.717) is 25.5 Å². The molecule has 2 heterocycles. The largest absolute Gasteiger partial charge is 0.465 e. The van der Waals surface area contributed by atoms with Crippen molar-refractivity contribution in [2.45, 2.75) is 32.4 Å². The zero-order valence-electron chi connectivity index (χ0n) is 12.7. The lowest BCUT2D eigenvalue weighted by molar-refractivity contribution is -0.138. The summed E-state index contributed by atoms with van der Waals surface area (Å²) in [5.74, 6) is 0.104. The maximum Gasteiger partial charge on any atom is 0.308 e. The van der Waals surface area contributed by atoms with Crippen molar-refractivity contribution in [3.8, 4) is 0 Å². The molecule has 2 saturated heterocycles. The molecule has 3 N–H and O–H groups in total. The van der Waals surface area contributed by atoms with Crippen LogP contribution in [0.1, 0.15) is 25.3 Å². The van der Waals surface area contributed by atoms with E-state index in [1.54, 1.807) is 0 Å². The first-order valence-electron chi connectivity index (χ1n) is 7.24. The number of hydrogen-bond acceptors (Lipinski definition) is 6. The molecule has 1 aromatic carbocycles. The van der Waals surface area contributed by atoms with E-state index in [1.807, 2.05) is 37.3 Å². The summed E-state index contributed by atoms with van der Waals surface area (Å²) in [6.07, 6.45) is 0.229. The monoisotopic (exact) mass is 309 g/mol. The highest BCUT2D eigenvalue weighted by atomic mass is 16.6. The minimum Gasteiger partial charge on any atom is -0.465 e. The van der Waals surface area contributed by atoms with E-state index in [1.165, 1.54) is 5.56 Å². The normalized spacial score (nSPS) is 22.7. The lowest BCUT2D eigenvalue weighted by Crippen LogP contribution is -2.02. The molecule has 0 amide bonds. The van der Waals surface area contributed by atoms with Gasteiger partial charge in [-0.2, -0.15) is 0 Å². The van der Waals surface area contributed by atoms with E-state index in [-0.39, 0.29) is 25.0 Å². The van der Waals surface area contributed by atoms with Gasteiger partial charge in [0.05, 0.1) is 25.6 Å². The second kappa shape index (κ2) is 9.92. The van der Waals surface area contributed by atoms with Crippen LogP contribution < -0.4 is 5.73 Å². The fourth-order valence-corrected chi connectivity index (χ4v) is 1.75. The Morgan fingerprint density at radius 3 is 1.91 bits per heavy atom. The van der Waals surface area contributed by atoms with E-state index in [2.05, 4.69) is 9.47 Å². The Bertz CT molecular complexity index is 439. The molecular weight excluding hydrogens is 286 g/mol. The molecule has 22 heavy (non-hydrogen) atoms. The van der Waals surface area contributed by atoms with Gasteiger partial charge in [0.2, 0.25) is 0 Å². The summed E-state index contributed by atoms with van der Waals surface area (Å²) in [4.78, 5) is 20.3. The Morgan fingerprint density at radius 1 is 1.09 bits per heavy atom. The van der Waals surface area contributed by atoms with Crippen LogP contribution in [0.5, 0.6) is 0 Å². The Hall–Kier alpha value is -1.92. The van der Waals surface area contributed by atoms with E-state index in [0.717, 1.165) is 0 Å². The molecule has 0 bridgehead atoms. The summed E-state index contributed by atoms with van der Waals surface area (Å²) in [5.41, 5.74) is 6.54. The predicted octanol–water partition coefficient (Wildman–Crippen LogP) is 1.01. The SMILES string of the molecule is CC1COC(=O)C1.NCc1ccccc1.O=C1CC(O)CO1. The molecule has 6 nitrogen and oxygen atoms in total. The van der Waals surface area contributed by atoms with Crippen molar-refractivity contribution in [3.63, 3.8) is 0 Å². The summed E-state index contributed by atoms with van der Waals surface area (Å²) < 4.78 is 9.00. The third kappa shape index (κ3) is 7.75. The molecule has 2 fully saturated rings. The summed E-state index contributed by atoms with van der Waals surface area (Å²) >= 11 is 0. The molecule has 2 aliphatic heterocycles. The van der Waals surface area contributed by atoms with Crippen LogP contribution in [0.3, 0.4) is 0 Å². The first kappa shape index (κ1) is 18.1. The van der Waals surface area contributed by atoms with Crippen LogP contribution in [0.15, 0.2) is 30.3 Å². The van der Waals surface area contributed by atoms with Crippen LogP contribution in [-0.4, -0.2) is 36.4 Å². The zero-order chi connectivity index (χ0) is 16.4. The number of carbonyl (C=O) groups is 2. The molecule has 0 aliphatic carbocycles. The third-order valence-corrected chi connectivity index (χ3v) is 2.96. The number of nitrogens with two attached hydrogens (primary N) is 1. The van der Waals surface area contributed by atoms with Gasteiger partial charge in [-0.15, -0.1) is 0 Å². The van der Waals surface area contributed by atoms with Crippen LogP contribution in [-0.2, 0) is 25.6 Å². The maximum atomic E-state index is 10.2. The minimum absolute atomic E-state index is 0.0486. The number of benzene rings is 1. The van der Waals surface area contributed by atoms with Crippen molar-refractivity contribution in [2.75, 3.05) is 13.2 Å². The van der Waals surface area contributed by atoms with Gasteiger partial charge in [-0.1, -0.05) is 37.3 Å². The Labute approximate surface area is 130 Å². The molecule has 3 rings (SSSR count). The van der Waals surface area contributed by atoms with Crippen LogP contribution in [0.25, 0.3) is 0 Å². The van der Waals surface area contributed by atoms with Gasteiger partial charge in [-0.05, 0) is 5.56 Å². The highest BCUT2D eigenvalue weighted by Crippen LogP contribution is 2.11. The molecule has 0 radical (unpaired) electrons. The third-order valence-electron chi connectivity index (χ3n) is 2.96. The van der Waals surface area contributed by atoms with Gasteiger partial charge < -0.3 is 20.3 Å². The highest BCUT2D eigenvalue weighted by molar-refractivity contribution is 5.71. The van der Waals surface area contributed by atoms with E-state index in [4.69, 9.17) is 10.8 Å². The van der Waals surface area contributed by atoms with Crippen LogP contribution in [0.4, 0.5) is 0 Å². The molecule has 2 atom stereocenters. The molecule has 122 valence electrons. The van der Waals surface area contributed by atoms with Crippen LogP contribution in [0, 0.1) is 5.92 Å². The lowest BCUT2D eigenvalue weighted by Gasteiger charge is -1.90. The van der Waals surface area contributed by atoms with Crippen molar-refractivity contribution in [3.05, 3.63) is 35.9 Å². The summed E-state index contributed by atoms with van der Waals surface area (Å²) in [5, 5.41) is 8.55. The second-order valence-electron chi connectivity index (χ2n) is 5.22. The van der Waals surface area contributed by atoms with Crippen molar-refractivity contribution in [1.29, 1.82) is 0 Å². The molecular formula is C16H23NO5. The Balaban J connectivity index is 0.000000166. The molecule has 0 aromatic heterocycles. The summed E-state index contributed by atoms with van der Waals surface area (Å²) in [7, 11) is 0. The van der Waals surface area contributed by atoms with Gasteiger partial charge in [-0.25, -0.2) is 0 Å². The zero-order valence-corrected chi connectivity index (χ0v) is 12.7. The number of aliphatic hydroxyl groups excluding tert-OH is 1. The van der Waals surface area contributed by atoms with Crippen molar-refractivity contribution in [2.24, 2.45) is 11.7 Å². The van der Waals surface area contributed by atoms with E-state index in [9.17, 15) is 9.59 Å². The van der Waals surface area contributed by atoms with Gasteiger partial charge in [0.15, 0.2) is 0 Å². The van der Waals surface area contributed by atoms with Gasteiger partial charge in [0, 0.05) is 12.5 Å². The number of rotatable bonds is 1. The van der Waals surface area contributed by atoms with Crippen LogP contribution in [0.2, 0.25) is 0 Å². The Morgan fingerprint density at radius 2 is 1.68 bits per heavy atom.